The lowest BCUT2D eigenvalue weighted by molar-refractivity contribution is 0.102. The standard InChI is InChI=1S/C21H17BrN2O5S/c22-15-4-7-18(8-5-15)30(26,27)24-17-3-1-2-14(12-17)21(25)23-16-6-9-19-20(13-16)29-11-10-28-19/h1-9,12-13,24H,10-11H2,(H,23,25). The SMILES string of the molecule is O=C(Nc1ccc2c(c1)OCCO2)c1cccc(NS(=O)(=O)c2ccc(Br)cc2)c1. The van der Waals surface area contributed by atoms with Crippen molar-refractivity contribution in [2.24, 2.45) is 0 Å². The number of hydrogen-bond acceptors (Lipinski definition) is 5. The van der Waals surface area contributed by atoms with Gasteiger partial charge in [-0.2, -0.15) is 0 Å². The van der Waals surface area contributed by atoms with E-state index in [1.54, 1.807) is 48.5 Å². The zero-order chi connectivity index (χ0) is 21.1. The number of benzene rings is 3. The summed E-state index contributed by atoms with van der Waals surface area (Å²) in [4.78, 5) is 12.8. The average molecular weight is 489 g/mol. The summed E-state index contributed by atoms with van der Waals surface area (Å²) in [7, 11) is -3.77. The van der Waals surface area contributed by atoms with Gasteiger partial charge in [0.25, 0.3) is 15.9 Å². The molecule has 0 unspecified atom stereocenters. The van der Waals surface area contributed by atoms with Crippen LogP contribution in [0, 0.1) is 0 Å². The van der Waals surface area contributed by atoms with Gasteiger partial charge >= 0.3 is 0 Å². The van der Waals surface area contributed by atoms with Gasteiger partial charge in [0, 0.05) is 27.5 Å². The predicted molar refractivity (Wildman–Crippen MR) is 117 cm³/mol. The molecule has 3 aromatic rings. The molecule has 154 valence electrons. The van der Waals surface area contributed by atoms with Crippen LogP contribution in [0.25, 0.3) is 0 Å². The molecule has 0 atom stereocenters. The van der Waals surface area contributed by atoms with Crippen molar-refractivity contribution in [1.82, 2.24) is 0 Å². The third-order valence-electron chi connectivity index (χ3n) is 4.30. The molecule has 2 N–H and O–H groups in total. The van der Waals surface area contributed by atoms with Gasteiger partial charge in [0.1, 0.15) is 13.2 Å². The summed E-state index contributed by atoms with van der Waals surface area (Å²) in [5, 5.41) is 2.78. The maximum absolute atomic E-state index is 12.6. The van der Waals surface area contributed by atoms with Gasteiger partial charge in [-0.3, -0.25) is 9.52 Å². The average Bonchev–Trinajstić information content (AvgIpc) is 2.74. The van der Waals surface area contributed by atoms with Crippen molar-refractivity contribution >= 4 is 43.2 Å². The van der Waals surface area contributed by atoms with Crippen molar-refractivity contribution in [3.05, 3.63) is 76.8 Å². The molecule has 0 bridgehead atoms. The first-order chi connectivity index (χ1) is 14.4. The minimum Gasteiger partial charge on any atom is -0.486 e. The molecule has 0 aromatic heterocycles. The lowest BCUT2D eigenvalue weighted by Gasteiger charge is -2.19. The number of nitrogens with one attached hydrogen (secondary N) is 2. The number of carbonyl (C=O) groups excluding carboxylic acids is 1. The minimum absolute atomic E-state index is 0.122. The highest BCUT2D eigenvalue weighted by Crippen LogP contribution is 2.32. The van der Waals surface area contributed by atoms with Gasteiger partial charge in [-0.05, 0) is 54.6 Å². The number of hydrogen-bond donors (Lipinski definition) is 2. The predicted octanol–water partition coefficient (Wildman–Crippen LogP) is 4.27. The Kier molecular flexibility index (Phi) is 5.65. The molecular weight excluding hydrogens is 472 g/mol. The van der Waals surface area contributed by atoms with Crippen LogP contribution in [0.4, 0.5) is 11.4 Å². The maximum Gasteiger partial charge on any atom is 0.261 e. The van der Waals surface area contributed by atoms with Gasteiger partial charge in [0.2, 0.25) is 0 Å². The minimum atomic E-state index is -3.77. The molecule has 0 spiro atoms. The molecule has 0 aliphatic carbocycles. The fraction of sp³-hybridized carbons (Fsp3) is 0.0952. The van der Waals surface area contributed by atoms with Gasteiger partial charge in [0.15, 0.2) is 11.5 Å². The first-order valence-electron chi connectivity index (χ1n) is 9.00. The summed E-state index contributed by atoms with van der Waals surface area (Å²) in [6.45, 7) is 0.937. The Labute approximate surface area is 182 Å². The van der Waals surface area contributed by atoms with E-state index in [2.05, 4.69) is 26.0 Å². The van der Waals surface area contributed by atoms with E-state index >= 15 is 0 Å². The van der Waals surface area contributed by atoms with Crippen LogP contribution in [-0.4, -0.2) is 27.5 Å². The molecule has 4 rings (SSSR count). The number of fused-ring (bicyclic) bond motifs is 1. The summed E-state index contributed by atoms with van der Waals surface area (Å²) < 4.78 is 39.4. The molecule has 1 amide bonds. The molecule has 1 heterocycles. The van der Waals surface area contributed by atoms with Crippen LogP contribution in [0.3, 0.4) is 0 Å². The highest BCUT2D eigenvalue weighted by Gasteiger charge is 2.16. The van der Waals surface area contributed by atoms with E-state index in [-0.39, 0.29) is 16.5 Å². The van der Waals surface area contributed by atoms with Crippen molar-refractivity contribution in [2.45, 2.75) is 4.90 Å². The van der Waals surface area contributed by atoms with E-state index in [9.17, 15) is 13.2 Å². The van der Waals surface area contributed by atoms with Gasteiger partial charge in [-0.15, -0.1) is 0 Å². The second-order valence-electron chi connectivity index (χ2n) is 6.45. The summed E-state index contributed by atoms with van der Waals surface area (Å²) in [6, 6.07) is 17.7. The van der Waals surface area contributed by atoms with Crippen molar-refractivity contribution < 1.29 is 22.7 Å². The van der Waals surface area contributed by atoms with Crippen LogP contribution < -0.4 is 19.5 Å². The van der Waals surface area contributed by atoms with E-state index in [1.165, 1.54) is 18.2 Å². The number of amides is 1. The Bertz CT molecular complexity index is 1200. The Hall–Kier alpha value is -3.04. The normalized spacial score (nSPS) is 12.8. The number of sulfonamides is 1. The zero-order valence-electron chi connectivity index (χ0n) is 15.6. The second-order valence-corrected chi connectivity index (χ2v) is 9.05. The van der Waals surface area contributed by atoms with E-state index in [4.69, 9.17) is 9.47 Å². The van der Waals surface area contributed by atoms with Crippen LogP contribution in [0.5, 0.6) is 11.5 Å². The van der Waals surface area contributed by atoms with E-state index in [0.717, 1.165) is 4.47 Å². The van der Waals surface area contributed by atoms with Crippen molar-refractivity contribution in [3.63, 3.8) is 0 Å². The molecule has 7 nitrogen and oxygen atoms in total. The number of halogens is 1. The van der Waals surface area contributed by atoms with Gasteiger partial charge < -0.3 is 14.8 Å². The number of ether oxygens (including phenoxy) is 2. The smallest absolute Gasteiger partial charge is 0.261 e. The molecule has 0 fully saturated rings. The molecule has 0 saturated heterocycles. The quantitative estimate of drug-likeness (QED) is 0.559. The monoisotopic (exact) mass is 488 g/mol. The van der Waals surface area contributed by atoms with Crippen molar-refractivity contribution in [2.75, 3.05) is 23.3 Å². The summed E-state index contributed by atoms with van der Waals surface area (Å²) >= 11 is 3.28. The summed E-state index contributed by atoms with van der Waals surface area (Å²) in [5.41, 5.74) is 1.14. The second kappa shape index (κ2) is 8.37. The Morgan fingerprint density at radius 1 is 0.867 bits per heavy atom. The molecule has 0 saturated carbocycles. The van der Waals surface area contributed by atoms with Crippen LogP contribution in [0.1, 0.15) is 10.4 Å². The molecule has 1 aliphatic rings. The third-order valence-corrected chi connectivity index (χ3v) is 6.23. The summed E-state index contributed by atoms with van der Waals surface area (Å²) in [5.74, 6) is 0.815. The Balaban J connectivity index is 1.50. The van der Waals surface area contributed by atoms with E-state index < -0.39 is 10.0 Å². The largest absolute Gasteiger partial charge is 0.486 e. The van der Waals surface area contributed by atoms with E-state index in [1.807, 2.05) is 0 Å². The van der Waals surface area contributed by atoms with Crippen molar-refractivity contribution in [3.8, 4) is 11.5 Å². The highest BCUT2D eigenvalue weighted by molar-refractivity contribution is 9.10. The lowest BCUT2D eigenvalue weighted by Crippen LogP contribution is -2.17. The lowest BCUT2D eigenvalue weighted by atomic mass is 10.2. The molecule has 1 aliphatic heterocycles. The van der Waals surface area contributed by atoms with Crippen LogP contribution in [0.2, 0.25) is 0 Å². The Morgan fingerprint density at radius 2 is 1.60 bits per heavy atom. The van der Waals surface area contributed by atoms with Crippen LogP contribution in [0.15, 0.2) is 76.1 Å². The first-order valence-corrected chi connectivity index (χ1v) is 11.3. The number of rotatable bonds is 5. The van der Waals surface area contributed by atoms with Gasteiger partial charge in [-0.25, -0.2) is 8.42 Å². The van der Waals surface area contributed by atoms with Gasteiger partial charge in [-0.1, -0.05) is 22.0 Å². The van der Waals surface area contributed by atoms with E-state index in [0.29, 0.717) is 36.0 Å². The number of anilines is 2. The molecule has 0 radical (unpaired) electrons. The fourth-order valence-electron chi connectivity index (χ4n) is 2.88. The summed E-state index contributed by atoms with van der Waals surface area (Å²) in [6.07, 6.45) is 0. The van der Waals surface area contributed by atoms with Crippen molar-refractivity contribution in [1.29, 1.82) is 0 Å². The van der Waals surface area contributed by atoms with Gasteiger partial charge in [0.05, 0.1) is 4.90 Å². The molecule has 3 aromatic carbocycles. The van der Waals surface area contributed by atoms with Crippen LogP contribution >= 0.6 is 15.9 Å². The fourth-order valence-corrected chi connectivity index (χ4v) is 4.19. The Morgan fingerprint density at radius 3 is 2.37 bits per heavy atom. The third kappa shape index (κ3) is 4.58. The zero-order valence-corrected chi connectivity index (χ0v) is 18.0. The molecule has 9 heteroatoms. The molecule has 30 heavy (non-hydrogen) atoms. The van der Waals surface area contributed by atoms with Crippen LogP contribution in [-0.2, 0) is 10.0 Å². The number of carbonyl (C=O) groups is 1. The highest BCUT2D eigenvalue weighted by atomic mass is 79.9. The first kappa shape index (κ1) is 20.2. The maximum atomic E-state index is 12.6. The molecular formula is C21H17BrN2O5S. The topological polar surface area (TPSA) is 93.7 Å².